The summed E-state index contributed by atoms with van der Waals surface area (Å²) in [7, 11) is 1.66. The minimum absolute atomic E-state index is 0.00398. The molecule has 1 heterocycles. The number of benzene rings is 1. The third-order valence-electron chi connectivity index (χ3n) is 4.02. The van der Waals surface area contributed by atoms with Crippen molar-refractivity contribution in [2.24, 2.45) is 5.73 Å². The molecule has 0 radical (unpaired) electrons. The number of amides is 1. The summed E-state index contributed by atoms with van der Waals surface area (Å²) in [5, 5.41) is 2.91. The van der Waals surface area contributed by atoms with Crippen molar-refractivity contribution < 1.29 is 9.53 Å². The number of carbonyl (C=O) groups is 1. The number of hydrogen-bond acceptors (Lipinski definition) is 4. The van der Waals surface area contributed by atoms with Crippen molar-refractivity contribution in [2.75, 3.05) is 26.7 Å². The van der Waals surface area contributed by atoms with Crippen molar-refractivity contribution in [3.8, 4) is 5.75 Å². The summed E-state index contributed by atoms with van der Waals surface area (Å²) < 4.78 is 5.21. The molecular formula is C16H25N3O2. The minimum Gasteiger partial charge on any atom is -0.497 e. The number of nitrogens with one attached hydrogen (secondary N) is 1. The van der Waals surface area contributed by atoms with Gasteiger partial charge in [-0.1, -0.05) is 19.1 Å². The Labute approximate surface area is 126 Å². The molecule has 3 N–H and O–H groups in total. The number of nitrogens with two attached hydrogens (primary N) is 1. The van der Waals surface area contributed by atoms with Gasteiger partial charge in [0.25, 0.3) is 0 Å². The zero-order chi connectivity index (χ0) is 15.2. The lowest BCUT2D eigenvalue weighted by Crippen LogP contribution is -2.43. The largest absolute Gasteiger partial charge is 0.497 e. The summed E-state index contributed by atoms with van der Waals surface area (Å²) in [6.07, 6.45) is 1.82. The molecule has 0 aromatic heterocycles. The molecule has 2 unspecified atom stereocenters. The molecule has 0 aliphatic carbocycles. The lowest BCUT2D eigenvalue weighted by Gasteiger charge is -2.34. The Balaban J connectivity index is 2.25. The fourth-order valence-electron chi connectivity index (χ4n) is 2.82. The number of ether oxygens (including phenoxy) is 1. The van der Waals surface area contributed by atoms with E-state index in [2.05, 4.69) is 17.1 Å². The average molecular weight is 291 g/mol. The van der Waals surface area contributed by atoms with E-state index in [4.69, 9.17) is 10.5 Å². The van der Waals surface area contributed by atoms with Gasteiger partial charge in [0.15, 0.2) is 0 Å². The lowest BCUT2D eigenvalue weighted by molar-refractivity contribution is -0.122. The first-order valence-corrected chi connectivity index (χ1v) is 7.56. The highest BCUT2D eigenvalue weighted by Gasteiger charge is 2.28. The normalized spacial score (nSPS) is 19.5. The summed E-state index contributed by atoms with van der Waals surface area (Å²) in [5.41, 5.74) is 7.48. The number of nitrogens with zero attached hydrogens (tertiary/aromatic N) is 1. The summed E-state index contributed by atoms with van der Waals surface area (Å²) in [6.45, 7) is 4.11. The van der Waals surface area contributed by atoms with Crippen LogP contribution in [0.2, 0.25) is 0 Å². The highest BCUT2D eigenvalue weighted by molar-refractivity contribution is 5.78. The fraction of sp³-hybridized carbons (Fsp3) is 0.562. The van der Waals surface area contributed by atoms with Crippen molar-refractivity contribution in [2.45, 2.75) is 31.8 Å². The molecule has 1 saturated heterocycles. The topological polar surface area (TPSA) is 67.6 Å². The maximum absolute atomic E-state index is 11.8. The van der Waals surface area contributed by atoms with E-state index in [9.17, 15) is 4.79 Å². The van der Waals surface area contributed by atoms with Crippen LogP contribution >= 0.6 is 0 Å². The van der Waals surface area contributed by atoms with Gasteiger partial charge in [-0.05, 0) is 30.5 Å². The van der Waals surface area contributed by atoms with Crippen molar-refractivity contribution in [3.05, 3.63) is 29.8 Å². The van der Waals surface area contributed by atoms with E-state index in [1.807, 2.05) is 24.3 Å². The number of methoxy groups -OCH3 is 1. The van der Waals surface area contributed by atoms with Gasteiger partial charge in [-0.15, -0.1) is 0 Å². The zero-order valence-corrected chi connectivity index (χ0v) is 12.8. The molecule has 1 aromatic rings. The van der Waals surface area contributed by atoms with Crippen molar-refractivity contribution >= 4 is 5.91 Å². The van der Waals surface area contributed by atoms with Crippen molar-refractivity contribution in [3.63, 3.8) is 0 Å². The zero-order valence-electron chi connectivity index (χ0n) is 12.8. The third-order valence-corrected chi connectivity index (χ3v) is 4.02. The van der Waals surface area contributed by atoms with E-state index < -0.39 is 0 Å². The van der Waals surface area contributed by atoms with Crippen LogP contribution in [0.3, 0.4) is 0 Å². The maximum Gasteiger partial charge on any atom is 0.234 e. The Bertz CT molecular complexity index is 461. The Morgan fingerprint density at radius 1 is 1.38 bits per heavy atom. The quantitative estimate of drug-likeness (QED) is 0.858. The smallest absolute Gasteiger partial charge is 0.234 e. The van der Waals surface area contributed by atoms with Crippen LogP contribution in [0.25, 0.3) is 0 Å². The molecule has 5 nitrogen and oxygen atoms in total. The van der Waals surface area contributed by atoms with E-state index in [0.29, 0.717) is 6.54 Å². The molecule has 0 saturated carbocycles. The van der Waals surface area contributed by atoms with Gasteiger partial charge in [-0.2, -0.15) is 0 Å². The van der Waals surface area contributed by atoms with Crippen LogP contribution in [0.15, 0.2) is 24.3 Å². The molecule has 5 heteroatoms. The monoisotopic (exact) mass is 291 g/mol. The second-order valence-corrected chi connectivity index (χ2v) is 5.46. The fourth-order valence-corrected chi connectivity index (χ4v) is 2.82. The predicted octanol–water partition coefficient (Wildman–Crippen LogP) is 1.30. The molecule has 1 aliphatic rings. The molecule has 0 bridgehead atoms. The molecule has 116 valence electrons. The maximum atomic E-state index is 11.8. The molecule has 0 spiro atoms. The van der Waals surface area contributed by atoms with Crippen LogP contribution in [-0.4, -0.2) is 43.6 Å². The SMILES string of the molecule is CCC(N)C(c1ccc(OC)cc1)N1CCCNC(=O)C1. The number of carbonyl (C=O) groups excluding carboxylic acids is 1. The van der Waals surface area contributed by atoms with Gasteiger partial charge in [-0.25, -0.2) is 0 Å². The summed E-state index contributed by atoms with van der Waals surface area (Å²) in [4.78, 5) is 14.0. The Hall–Kier alpha value is -1.59. The van der Waals surface area contributed by atoms with Crippen LogP contribution in [0.1, 0.15) is 31.4 Å². The van der Waals surface area contributed by atoms with Crippen molar-refractivity contribution in [1.82, 2.24) is 10.2 Å². The van der Waals surface area contributed by atoms with Gasteiger partial charge >= 0.3 is 0 Å². The Morgan fingerprint density at radius 2 is 2.10 bits per heavy atom. The summed E-state index contributed by atoms with van der Waals surface area (Å²) >= 11 is 0. The van der Waals surface area contributed by atoms with E-state index in [0.717, 1.165) is 37.2 Å². The van der Waals surface area contributed by atoms with Gasteiger partial charge in [0, 0.05) is 19.1 Å². The summed E-state index contributed by atoms with van der Waals surface area (Å²) in [5.74, 6) is 0.908. The number of rotatable bonds is 5. The van der Waals surface area contributed by atoms with Crippen LogP contribution in [0.4, 0.5) is 0 Å². The second-order valence-electron chi connectivity index (χ2n) is 5.46. The molecule has 1 fully saturated rings. The van der Waals surface area contributed by atoms with Crippen LogP contribution in [0.5, 0.6) is 5.75 Å². The minimum atomic E-state index is 0.00398. The van der Waals surface area contributed by atoms with Crippen LogP contribution in [0, 0.1) is 0 Å². The average Bonchev–Trinajstić information content (AvgIpc) is 2.72. The van der Waals surface area contributed by atoms with Gasteiger partial charge in [0.1, 0.15) is 5.75 Å². The van der Waals surface area contributed by atoms with E-state index in [1.54, 1.807) is 7.11 Å². The molecule has 1 aliphatic heterocycles. The molecule has 2 rings (SSSR count). The lowest BCUT2D eigenvalue weighted by atomic mass is 9.96. The van der Waals surface area contributed by atoms with Crippen LogP contribution < -0.4 is 15.8 Å². The molecule has 2 atom stereocenters. The first kappa shape index (κ1) is 15.8. The Morgan fingerprint density at radius 3 is 2.71 bits per heavy atom. The standard InChI is InChI=1S/C16H25N3O2/c1-3-14(17)16(12-5-7-13(21-2)8-6-12)19-10-4-9-18-15(20)11-19/h5-8,14,16H,3-4,9-11,17H2,1-2H3,(H,18,20). The van der Waals surface area contributed by atoms with E-state index in [-0.39, 0.29) is 18.0 Å². The first-order valence-electron chi connectivity index (χ1n) is 7.56. The highest BCUT2D eigenvalue weighted by Crippen LogP contribution is 2.27. The van der Waals surface area contributed by atoms with Crippen molar-refractivity contribution in [1.29, 1.82) is 0 Å². The van der Waals surface area contributed by atoms with Gasteiger partial charge < -0.3 is 15.8 Å². The van der Waals surface area contributed by atoms with E-state index >= 15 is 0 Å². The van der Waals surface area contributed by atoms with Gasteiger partial charge in [0.05, 0.1) is 19.7 Å². The number of hydrogen-bond donors (Lipinski definition) is 2. The molecule has 21 heavy (non-hydrogen) atoms. The van der Waals surface area contributed by atoms with Crippen LogP contribution in [-0.2, 0) is 4.79 Å². The van der Waals surface area contributed by atoms with Gasteiger partial charge in [0.2, 0.25) is 5.91 Å². The first-order chi connectivity index (χ1) is 10.2. The molecule has 1 amide bonds. The Kier molecular flexibility index (Phi) is 5.59. The predicted molar refractivity (Wildman–Crippen MR) is 83.2 cm³/mol. The van der Waals surface area contributed by atoms with Gasteiger partial charge in [-0.3, -0.25) is 9.69 Å². The van der Waals surface area contributed by atoms with E-state index in [1.165, 1.54) is 0 Å². The highest BCUT2D eigenvalue weighted by atomic mass is 16.5. The summed E-state index contributed by atoms with van der Waals surface area (Å²) in [6, 6.07) is 8.04. The molecular weight excluding hydrogens is 266 g/mol. The second kappa shape index (κ2) is 7.43. The molecule has 1 aromatic carbocycles. The third kappa shape index (κ3) is 3.95.